The number of nitrogens with one attached hydrogen (secondary N) is 2. The lowest BCUT2D eigenvalue weighted by Gasteiger charge is -2.34. The maximum absolute atomic E-state index is 12.3. The average Bonchev–Trinajstić information content (AvgIpc) is 3.04. The summed E-state index contributed by atoms with van der Waals surface area (Å²) in [7, 11) is -1.42. The zero-order valence-electron chi connectivity index (χ0n) is 11.4. The quantitative estimate of drug-likeness (QED) is 0.744. The van der Waals surface area contributed by atoms with Crippen LogP contribution in [0.3, 0.4) is 0 Å². The summed E-state index contributed by atoms with van der Waals surface area (Å²) < 4.78 is 29.0. The molecule has 2 N–H and O–H groups in total. The van der Waals surface area contributed by atoms with E-state index in [-0.39, 0.29) is 6.04 Å². The Bertz CT molecular complexity index is 370. The van der Waals surface area contributed by atoms with Gasteiger partial charge in [0.05, 0.1) is 0 Å². The van der Waals surface area contributed by atoms with Crippen molar-refractivity contribution in [2.45, 2.75) is 38.6 Å². The van der Waals surface area contributed by atoms with E-state index in [1.54, 1.807) is 4.31 Å². The minimum absolute atomic E-state index is 0.109. The van der Waals surface area contributed by atoms with Gasteiger partial charge < -0.3 is 5.32 Å². The lowest BCUT2D eigenvalue weighted by molar-refractivity contribution is 0.246. The number of rotatable bonds is 6. The SMILES string of the molecule is CNCC1CCCCN1S(=O)(=O)NCC1CC1C. The average molecular weight is 275 g/mol. The van der Waals surface area contributed by atoms with Crippen molar-refractivity contribution in [3.8, 4) is 0 Å². The number of nitrogens with zero attached hydrogens (tertiary/aromatic N) is 1. The molecule has 0 aromatic heterocycles. The first-order chi connectivity index (χ1) is 8.54. The lowest BCUT2D eigenvalue weighted by atomic mass is 10.1. The molecular weight excluding hydrogens is 250 g/mol. The second kappa shape index (κ2) is 5.86. The first-order valence-electron chi connectivity index (χ1n) is 6.95. The van der Waals surface area contributed by atoms with Crippen LogP contribution in [-0.2, 0) is 10.2 Å². The van der Waals surface area contributed by atoms with Gasteiger partial charge in [0, 0.05) is 25.7 Å². The second-order valence-electron chi connectivity index (χ2n) is 5.64. The predicted octanol–water partition coefficient (Wildman–Crippen LogP) is 0.551. The molecule has 0 amide bonds. The van der Waals surface area contributed by atoms with E-state index in [9.17, 15) is 8.42 Å². The zero-order valence-corrected chi connectivity index (χ0v) is 12.2. The molecule has 106 valence electrons. The molecule has 2 rings (SSSR count). The van der Waals surface area contributed by atoms with Crippen LogP contribution >= 0.6 is 0 Å². The molecule has 1 aliphatic carbocycles. The van der Waals surface area contributed by atoms with E-state index < -0.39 is 10.2 Å². The van der Waals surface area contributed by atoms with E-state index in [1.807, 2.05) is 7.05 Å². The highest BCUT2D eigenvalue weighted by molar-refractivity contribution is 7.87. The van der Waals surface area contributed by atoms with Gasteiger partial charge in [-0.2, -0.15) is 12.7 Å². The fraction of sp³-hybridized carbons (Fsp3) is 1.00. The Morgan fingerprint density at radius 2 is 2.00 bits per heavy atom. The molecule has 6 heteroatoms. The van der Waals surface area contributed by atoms with Crippen LogP contribution in [0.5, 0.6) is 0 Å². The number of likely N-dealkylation sites (N-methyl/N-ethyl adjacent to an activating group) is 1. The summed E-state index contributed by atoms with van der Waals surface area (Å²) in [6, 6.07) is 0.109. The Kier molecular flexibility index (Phi) is 4.64. The van der Waals surface area contributed by atoms with Gasteiger partial charge in [0.15, 0.2) is 0 Å². The predicted molar refractivity (Wildman–Crippen MR) is 72.5 cm³/mol. The van der Waals surface area contributed by atoms with Gasteiger partial charge in [-0.1, -0.05) is 13.3 Å². The minimum Gasteiger partial charge on any atom is -0.318 e. The minimum atomic E-state index is -3.29. The summed E-state index contributed by atoms with van der Waals surface area (Å²) in [5.74, 6) is 1.23. The Morgan fingerprint density at radius 1 is 1.28 bits per heavy atom. The van der Waals surface area contributed by atoms with E-state index >= 15 is 0 Å². The largest absolute Gasteiger partial charge is 0.318 e. The summed E-state index contributed by atoms with van der Waals surface area (Å²) in [6.07, 6.45) is 4.21. The van der Waals surface area contributed by atoms with Gasteiger partial charge in [-0.05, 0) is 38.1 Å². The van der Waals surface area contributed by atoms with Gasteiger partial charge in [-0.25, -0.2) is 4.72 Å². The van der Waals surface area contributed by atoms with Crippen LogP contribution in [-0.4, -0.2) is 45.4 Å². The van der Waals surface area contributed by atoms with Gasteiger partial charge in [-0.3, -0.25) is 0 Å². The molecule has 0 aromatic carbocycles. The van der Waals surface area contributed by atoms with E-state index in [1.165, 1.54) is 0 Å². The first kappa shape index (κ1) is 14.2. The van der Waals surface area contributed by atoms with Crippen LogP contribution in [0.2, 0.25) is 0 Å². The Labute approximate surface area is 110 Å². The number of piperidine rings is 1. The third kappa shape index (κ3) is 3.44. The molecule has 0 bridgehead atoms. The molecule has 2 aliphatic rings. The molecule has 2 fully saturated rings. The van der Waals surface area contributed by atoms with Crippen molar-refractivity contribution in [1.82, 2.24) is 14.3 Å². The molecular formula is C12H25N3O2S. The van der Waals surface area contributed by atoms with Gasteiger partial charge in [-0.15, -0.1) is 0 Å². The topological polar surface area (TPSA) is 61.4 Å². The molecule has 0 aromatic rings. The molecule has 18 heavy (non-hydrogen) atoms. The Morgan fingerprint density at radius 3 is 2.61 bits per heavy atom. The molecule has 0 radical (unpaired) electrons. The van der Waals surface area contributed by atoms with Crippen molar-refractivity contribution < 1.29 is 8.42 Å². The lowest BCUT2D eigenvalue weighted by Crippen LogP contribution is -2.52. The molecule has 1 aliphatic heterocycles. The van der Waals surface area contributed by atoms with Gasteiger partial charge in [0.2, 0.25) is 0 Å². The van der Waals surface area contributed by atoms with Crippen molar-refractivity contribution in [2.24, 2.45) is 11.8 Å². The highest BCUT2D eigenvalue weighted by Crippen LogP contribution is 2.37. The molecule has 1 saturated heterocycles. The van der Waals surface area contributed by atoms with Crippen molar-refractivity contribution in [3.05, 3.63) is 0 Å². The fourth-order valence-electron chi connectivity index (χ4n) is 2.71. The monoisotopic (exact) mass is 275 g/mol. The van der Waals surface area contributed by atoms with E-state index in [2.05, 4.69) is 17.0 Å². The van der Waals surface area contributed by atoms with Crippen LogP contribution in [0.25, 0.3) is 0 Å². The van der Waals surface area contributed by atoms with Gasteiger partial charge in [0.25, 0.3) is 10.2 Å². The van der Waals surface area contributed by atoms with E-state index in [0.29, 0.717) is 24.9 Å². The van der Waals surface area contributed by atoms with Crippen molar-refractivity contribution in [2.75, 3.05) is 26.7 Å². The summed E-state index contributed by atoms with van der Waals surface area (Å²) >= 11 is 0. The molecule has 3 atom stereocenters. The smallest absolute Gasteiger partial charge is 0.279 e. The Balaban J connectivity index is 1.92. The van der Waals surface area contributed by atoms with Crippen molar-refractivity contribution in [1.29, 1.82) is 0 Å². The van der Waals surface area contributed by atoms with Gasteiger partial charge >= 0.3 is 0 Å². The van der Waals surface area contributed by atoms with Crippen LogP contribution < -0.4 is 10.0 Å². The van der Waals surface area contributed by atoms with Gasteiger partial charge in [0.1, 0.15) is 0 Å². The normalized spacial score (nSPS) is 33.6. The highest BCUT2D eigenvalue weighted by atomic mass is 32.2. The molecule has 1 heterocycles. The molecule has 1 saturated carbocycles. The summed E-state index contributed by atoms with van der Waals surface area (Å²) in [6.45, 7) is 4.17. The zero-order chi connectivity index (χ0) is 13.2. The van der Waals surface area contributed by atoms with E-state index in [0.717, 1.165) is 32.2 Å². The molecule has 0 spiro atoms. The molecule has 3 unspecified atom stereocenters. The van der Waals surface area contributed by atoms with Crippen LogP contribution in [0.15, 0.2) is 0 Å². The third-order valence-electron chi connectivity index (χ3n) is 4.13. The van der Waals surface area contributed by atoms with Crippen LogP contribution in [0.1, 0.15) is 32.6 Å². The third-order valence-corrected chi connectivity index (χ3v) is 5.76. The maximum Gasteiger partial charge on any atom is 0.279 e. The summed E-state index contributed by atoms with van der Waals surface area (Å²) in [4.78, 5) is 0. The molecule has 5 nitrogen and oxygen atoms in total. The highest BCUT2D eigenvalue weighted by Gasteiger charge is 2.36. The summed E-state index contributed by atoms with van der Waals surface area (Å²) in [5, 5.41) is 3.09. The van der Waals surface area contributed by atoms with Crippen LogP contribution in [0, 0.1) is 11.8 Å². The van der Waals surface area contributed by atoms with E-state index in [4.69, 9.17) is 0 Å². The fourth-order valence-corrected chi connectivity index (χ4v) is 4.24. The Hall–Kier alpha value is -0.170. The number of hydrogen-bond donors (Lipinski definition) is 2. The maximum atomic E-state index is 12.3. The van der Waals surface area contributed by atoms with Crippen molar-refractivity contribution in [3.63, 3.8) is 0 Å². The first-order valence-corrected chi connectivity index (χ1v) is 8.39. The summed E-state index contributed by atoms with van der Waals surface area (Å²) in [5.41, 5.74) is 0. The second-order valence-corrected chi connectivity index (χ2v) is 7.35. The standard InChI is InChI=1S/C12H25N3O2S/c1-10-7-11(10)8-14-18(16,17)15-6-4-3-5-12(15)9-13-2/h10-14H,3-9H2,1-2H3. The van der Waals surface area contributed by atoms with Crippen molar-refractivity contribution >= 4 is 10.2 Å². The van der Waals surface area contributed by atoms with Crippen LogP contribution in [0.4, 0.5) is 0 Å². The number of hydrogen-bond acceptors (Lipinski definition) is 3.